The molecule has 0 saturated carbocycles. The molecule has 7 nitrogen and oxygen atoms in total. The van der Waals surface area contributed by atoms with Gasteiger partial charge in [0.25, 0.3) is 0 Å². The van der Waals surface area contributed by atoms with Crippen molar-refractivity contribution in [2.24, 2.45) is 0 Å². The van der Waals surface area contributed by atoms with Gasteiger partial charge in [-0.25, -0.2) is 9.67 Å². The van der Waals surface area contributed by atoms with Gasteiger partial charge in [0.2, 0.25) is 0 Å². The van der Waals surface area contributed by atoms with E-state index in [0.29, 0.717) is 6.54 Å². The van der Waals surface area contributed by atoms with Crippen molar-refractivity contribution in [2.75, 3.05) is 43.4 Å². The van der Waals surface area contributed by atoms with Crippen LogP contribution in [0.4, 0.5) is 11.5 Å². The summed E-state index contributed by atoms with van der Waals surface area (Å²) in [6.07, 6.45) is 7.32. The van der Waals surface area contributed by atoms with Crippen molar-refractivity contribution in [1.29, 1.82) is 0 Å². The number of likely N-dealkylation sites (N-methyl/N-ethyl adjacent to an activating group) is 1. The molecule has 0 aliphatic carbocycles. The van der Waals surface area contributed by atoms with Gasteiger partial charge in [0.05, 0.1) is 36.0 Å². The van der Waals surface area contributed by atoms with E-state index in [9.17, 15) is 0 Å². The van der Waals surface area contributed by atoms with Crippen LogP contribution in [0.3, 0.4) is 0 Å². The Morgan fingerprint density at radius 3 is 2.58 bits per heavy atom. The minimum absolute atomic E-state index is 0.649. The molecular weight excluding hydrogens is 326 g/mol. The molecule has 4 rings (SSSR count). The summed E-state index contributed by atoms with van der Waals surface area (Å²) in [6.45, 7) is 4.94. The number of anilines is 2. The van der Waals surface area contributed by atoms with Crippen molar-refractivity contribution in [1.82, 2.24) is 24.6 Å². The van der Waals surface area contributed by atoms with Gasteiger partial charge >= 0.3 is 0 Å². The quantitative estimate of drug-likeness (QED) is 0.760. The maximum atomic E-state index is 4.57. The van der Waals surface area contributed by atoms with E-state index in [1.807, 2.05) is 35.1 Å². The monoisotopic (exact) mass is 349 g/mol. The summed E-state index contributed by atoms with van der Waals surface area (Å²) in [5.74, 6) is 0.863. The number of piperazine rings is 1. The minimum atomic E-state index is 0.649. The molecule has 3 aromatic heterocycles. The van der Waals surface area contributed by atoms with Gasteiger partial charge in [0.1, 0.15) is 5.82 Å². The Morgan fingerprint density at radius 1 is 0.962 bits per heavy atom. The first kappa shape index (κ1) is 16.5. The van der Waals surface area contributed by atoms with Gasteiger partial charge in [-0.15, -0.1) is 0 Å². The molecule has 0 unspecified atom stereocenters. The van der Waals surface area contributed by atoms with E-state index in [4.69, 9.17) is 0 Å². The highest BCUT2D eigenvalue weighted by Crippen LogP contribution is 2.17. The first-order valence-corrected chi connectivity index (χ1v) is 8.86. The lowest BCUT2D eigenvalue weighted by Crippen LogP contribution is -2.44. The normalized spacial score (nSPS) is 15.2. The zero-order valence-electron chi connectivity index (χ0n) is 14.9. The molecule has 0 spiro atoms. The molecular formula is C19H23N7. The van der Waals surface area contributed by atoms with E-state index < -0.39 is 0 Å². The third-order valence-corrected chi connectivity index (χ3v) is 4.68. The topological polar surface area (TPSA) is 62.1 Å². The van der Waals surface area contributed by atoms with E-state index in [2.05, 4.69) is 43.3 Å². The predicted octanol–water partition coefficient (Wildman–Crippen LogP) is 2.03. The lowest BCUT2D eigenvalue weighted by atomic mass is 10.3. The molecule has 1 saturated heterocycles. The molecule has 4 heterocycles. The van der Waals surface area contributed by atoms with Crippen molar-refractivity contribution in [3.8, 4) is 5.69 Å². The van der Waals surface area contributed by atoms with Crippen molar-refractivity contribution in [2.45, 2.75) is 6.54 Å². The minimum Gasteiger partial charge on any atom is -0.368 e. The molecule has 1 aliphatic rings. The zero-order valence-corrected chi connectivity index (χ0v) is 14.9. The Balaban J connectivity index is 1.39. The van der Waals surface area contributed by atoms with Crippen LogP contribution in [-0.4, -0.2) is 57.9 Å². The second-order valence-corrected chi connectivity index (χ2v) is 6.49. The average molecular weight is 349 g/mol. The Bertz CT molecular complexity index is 821. The Hall–Kier alpha value is -2.93. The second-order valence-electron chi connectivity index (χ2n) is 6.49. The van der Waals surface area contributed by atoms with Crippen LogP contribution >= 0.6 is 0 Å². The van der Waals surface area contributed by atoms with Crippen molar-refractivity contribution < 1.29 is 0 Å². The highest BCUT2D eigenvalue weighted by Gasteiger charge is 2.14. The molecule has 3 aromatic rings. The third kappa shape index (κ3) is 3.67. The second kappa shape index (κ2) is 7.53. The van der Waals surface area contributed by atoms with Crippen LogP contribution in [0.5, 0.6) is 0 Å². The summed E-state index contributed by atoms with van der Waals surface area (Å²) in [4.78, 5) is 13.5. The van der Waals surface area contributed by atoms with Gasteiger partial charge in [-0.3, -0.25) is 4.98 Å². The molecule has 134 valence electrons. The smallest absolute Gasteiger partial charge is 0.126 e. The zero-order chi connectivity index (χ0) is 17.8. The fourth-order valence-electron chi connectivity index (χ4n) is 3.10. The fourth-order valence-corrected chi connectivity index (χ4v) is 3.10. The van der Waals surface area contributed by atoms with Crippen LogP contribution in [0, 0.1) is 0 Å². The van der Waals surface area contributed by atoms with Crippen molar-refractivity contribution in [3.05, 3.63) is 60.8 Å². The van der Waals surface area contributed by atoms with Gasteiger partial charge in [-0.1, -0.05) is 0 Å². The Morgan fingerprint density at radius 2 is 1.85 bits per heavy atom. The summed E-state index contributed by atoms with van der Waals surface area (Å²) >= 11 is 0. The third-order valence-electron chi connectivity index (χ3n) is 4.68. The standard InChI is InChI=1S/C19H23N7/c1-24-9-11-25(12-10-24)16-4-5-19(21-14-16)22-15-18-6-8-23-26(18)17-3-2-7-20-13-17/h2-8,13-14H,9-12,15H2,1H3,(H,21,22). The van der Waals surface area contributed by atoms with Crippen LogP contribution in [0.2, 0.25) is 0 Å². The van der Waals surface area contributed by atoms with Crippen LogP contribution in [0.15, 0.2) is 55.1 Å². The van der Waals surface area contributed by atoms with Gasteiger partial charge < -0.3 is 15.1 Å². The van der Waals surface area contributed by atoms with Gasteiger partial charge in [-0.05, 0) is 37.4 Å². The highest BCUT2D eigenvalue weighted by atomic mass is 15.3. The number of aromatic nitrogens is 4. The van der Waals surface area contributed by atoms with Crippen LogP contribution < -0.4 is 10.2 Å². The van der Waals surface area contributed by atoms with Crippen molar-refractivity contribution in [3.63, 3.8) is 0 Å². The number of hydrogen-bond donors (Lipinski definition) is 1. The summed E-state index contributed by atoms with van der Waals surface area (Å²) < 4.78 is 1.89. The predicted molar refractivity (Wildman–Crippen MR) is 103 cm³/mol. The van der Waals surface area contributed by atoms with E-state index in [1.165, 1.54) is 5.69 Å². The number of hydrogen-bond acceptors (Lipinski definition) is 6. The molecule has 0 atom stereocenters. The fraction of sp³-hybridized carbons (Fsp3) is 0.316. The Kier molecular flexibility index (Phi) is 4.79. The SMILES string of the molecule is CN1CCN(c2ccc(NCc3ccnn3-c3cccnc3)nc2)CC1. The van der Waals surface area contributed by atoms with Gasteiger partial charge in [0, 0.05) is 38.6 Å². The summed E-state index contributed by atoms with van der Waals surface area (Å²) in [5, 5.41) is 7.76. The summed E-state index contributed by atoms with van der Waals surface area (Å²) in [5.41, 5.74) is 3.19. The number of pyridine rings is 2. The molecule has 0 amide bonds. The van der Waals surface area contributed by atoms with E-state index in [1.54, 1.807) is 18.6 Å². The molecule has 0 radical (unpaired) electrons. The van der Waals surface area contributed by atoms with Crippen LogP contribution in [0.25, 0.3) is 5.69 Å². The molecule has 0 aromatic carbocycles. The summed E-state index contributed by atoms with van der Waals surface area (Å²) in [6, 6.07) is 10.1. The van der Waals surface area contributed by atoms with Crippen LogP contribution in [0.1, 0.15) is 5.69 Å². The number of nitrogens with one attached hydrogen (secondary N) is 1. The number of rotatable bonds is 5. The largest absolute Gasteiger partial charge is 0.368 e. The molecule has 26 heavy (non-hydrogen) atoms. The van der Waals surface area contributed by atoms with Crippen molar-refractivity contribution >= 4 is 11.5 Å². The lowest BCUT2D eigenvalue weighted by Gasteiger charge is -2.33. The van der Waals surface area contributed by atoms with E-state index in [-0.39, 0.29) is 0 Å². The average Bonchev–Trinajstić information content (AvgIpc) is 3.17. The van der Waals surface area contributed by atoms with E-state index >= 15 is 0 Å². The van der Waals surface area contributed by atoms with Crippen LogP contribution in [-0.2, 0) is 6.54 Å². The van der Waals surface area contributed by atoms with E-state index in [0.717, 1.165) is 43.4 Å². The first-order valence-electron chi connectivity index (χ1n) is 8.86. The first-order chi connectivity index (χ1) is 12.8. The van der Waals surface area contributed by atoms with Gasteiger partial charge in [-0.2, -0.15) is 5.10 Å². The molecule has 0 bridgehead atoms. The lowest BCUT2D eigenvalue weighted by molar-refractivity contribution is 0.313. The van der Waals surface area contributed by atoms with Gasteiger partial charge in [0.15, 0.2) is 0 Å². The highest BCUT2D eigenvalue weighted by molar-refractivity contribution is 5.50. The Labute approximate surface area is 153 Å². The molecule has 1 aliphatic heterocycles. The maximum absolute atomic E-state index is 4.57. The maximum Gasteiger partial charge on any atom is 0.126 e. The summed E-state index contributed by atoms with van der Waals surface area (Å²) in [7, 11) is 2.17. The molecule has 1 N–H and O–H groups in total. The number of nitrogens with zero attached hydrogens (tertiary/aromatic N) is 6. The molecule has 1 fully saturated rings. The molecule has 7 heteroatoms.